The molecule has 17 heavy (non-hydrogen) atoms. The lowest BCUT2D eigenvalue weighted by molar-refractivity contribution is -0.147. The largest absolute Gasteiger partial charge is 0.456 e. The summed E-state index contributed by atoms with van der Waals surface area (Å²) in [5.74, 6) is -0.231. The van der Waals surface area contributed by atoms with Crippen LogP contribution in [0.15, 0.2) is 30.3 Å². The fraction of sp³-hybridized carbons (Fsp3) is 0.500. The predicted molar refractivity (Wildman–Crippen MR) is 68.7 cm³/mol. The second-order valence-corrected chi connectivity index (χ2v) is 3.99. The maximum Gasteiger partial charge on any atom is 0.303 e. The van der Waals surface area contributed by atoms with Crippen LogP contribution >= 0.6 is 0 Å². The van der Waals surface area contributed by atoms with Gasteiger partial charge in [0.15, 0.2) is 0 Å². The Balaban J connectivity index is 2.77. The number of hydrogen-bond donors (Lipinski definition) is 0. The Labute approximate surface area is 103 Å². The second kappa shape index (κ2) is 7.07. The molecule has 0 aliphatic heterocycles. The molecule has 0 fully saturated rings. The number of hydrogen-bond acceptors (Lipinski definition) is 3. The molecule has 0 amide bonds. The second-order valence-electron chi connectivity index (χ2n) is 3.99. The van der Waals surface area contributed by atoms with Gasteiger partial charge in [0.05, 0.1) is 0 Å². The molecule has 3 nitrogen and oxygen atoms in total. The minimum atomic E-state index is -0.231. The first-order valence-corrected chi connectivity index (χ1v) is 6.11. The number of ether oxygens (including phenoxy) is 1. The Bertz CT molecular complexity index is 333. The molecule has 3 heteroatoms. The molecule has 0 spiro atoms. The quantitative estimate of drug-likeness (QED) is 0.710. The summed E-state index contributed by atoms with van der Waals surface area (Å²) in [5, 5.41) is 0. The first kappa shape index (κ1) is 13.7. The van der Waals surface area contributed by atoms with Crippen molar-refractivity contribution in [2.45, 2.75) is 26.9 Å². The van der Waals surface area contributed by atoms with E-state index in [1.165, 1.54) is 6.92 Å². The van der Waals surface area contributed by atoms with Crippen LogP contribution in [-0.4, -0.2) is 30.5 Å². The van der Waals surface area contributed by atoms with Gasteiger partial charge in [0.2, 0.25) is 0 Å². The lowest BCUT2D eigenvalue weighted by atomic mass is 10.1. The molecule has 0 aromatic heterocycles. The van der Waals surface area contributed by atoms with Crippen molar-refractivity contribution in [3.05, 3.63) is 35.9 Å². The Kier molecular flexibility index (Phi) is 5.70. The molecule has 1 aromatic rings. The number of esters is 1. The van der Waals surface area contributed by atoms with Crippen molar-refractivity contribution in [3.63, 3.8) is 0 Å². The summed E-state index contributed by atoms with van der Waals surface area (Å²) in [6, 6.07) is 9.89. The highest BCUT2D eigenvalue weighted by Crippen LogP contribution is 2.18. The van der Waals surface area contributed by atoms with Gasteiger partial charge in [0.25, 0.3) is 0 Å². The SMILES string of the molecule is CCN(CC)CC(OC(C)=O)c1ccccc1. The fourth-order valence-corrected chi connectivity index (χ4v) is 1.80. The summed E-state index contributed by atoms with van der Waals surface area (Å²) >= 11 is 0. The number of likely N-dealkylation sites (N-methyl/N-ethyl adjacent to an activating group) is 1. The molecule has 0 N–H and O–H groups in total. The molecule has 1 rings (SSSR count). The van der Waals surface area contributed by atoms with E-state index >= 15 is 0 Å². The Morgan fingerprint density at radius 2 is 1.82 bits per heavy atom. The van der Waals surface area contributed by atoms with E-state index in [0.717, 1.165) is 25.2 Å². The molecule has 0 aliphatic carbocycles. The highest BCUT2D eigenvalue weighted by atomic mass is 16.5. The van der Waals surface area contributed by atoms with E-state index in [1.54, 1.807) is 0 Å². The molecule has 0 bridgehead atoms. The van der Waals surface area contributed by atoms with Gasteiger partial charge in [0, 0.05) is 13.5 Å². The standard InChI is InChI=1S/C14H21NO2/c1-4-15(5-2)11-14(17-12(3)16)13-9-7-6-8-10-13/h6-10,14H,4-5,11H2,1-3H3. The summed E-state index contributed by atoms with van der Waals surface area (Å²) in [7, 11) is 0. The Hall–Kier alpha value is -1.35. The third kappa shape index (κ3) is 4.57. The van der Waals surface area contributed by atoms with Crippen molar-refractivity contribution < 1.29 is 9.53 Å². The average Bonchev–Trinajstić information content (AvgIpc) is 2.35. The van der Waals surface area contributed by atoms with E-state index in [-0.39, 0.29) is 12.1 Å². The van der Waals surface area contributed by atoms with Crippen LogP contribution in [0.4, 0.5) is 0 Å². The van der Waals surface area contributed by atoms with Crippen LogP contribution in [0.5, 0.6) is 0 Å². The molecular weight excluding hydrogens is 214 g/mol. The van der Waals surface area contributed by atoms with Crippen molar-refractivity contribution in [2.75, 3.05) is 19.6 Å². The van der Waals surface area contributed by atoms with Crippen LogP contribution in [0.25, 0.3) is 0 Å². The highest BCUT2D eigenvalue weighted by molar-refractivity contribution is 5.66. The number of carbonyl (C=O) groups is 1. The molecule has 0 heterocycles. The van der Waals surface area contributed by atoms with E-state index in [9.17, 15) is 4.79 Å². The van der Waals surface area contributed by atoms with Gasteiger partial charge in [-0.2, -0.15) is 0 Å². The summed E-state index contributed by atoms with van der Waals surface area (Å²) in [6.45, 7) is 8.34. The van der Waals surface area contributed by atoms with E-state index in [1.807, 2.05) is 30.3 Å². The number of benzene rings is 1. The van der Waals surface area contributed by atoms with Crippen LogP contribution in [0.3, 0.4) is 0 Å². The maximum atomic E-state index is 11.1. The van der Waals surface area contributed by atoms with E-state index in [4.69, 9.17) is 4.74 Å². The van der Waals surface area contributed by atoms with Crippen molar-refractivity contribution in [2.24, 2.45) is 0 Å². The normalized spacial score (nSPS) is 12.5. The van der Waals surface area contributed by atoms with Crippen molar-refractivity contribution in [1.82, 2.24) is 4.90 Å². The zero-order valence-corrected chi connectivity index (χ0v) is 10.8. The van der Waals surface area contributed by atoms with Crippen LogP contribution in [0.2, 0.25) is 0 Å². The topological polar surface area (TPSA) is 29.5 Å². The van der Waals surface area contributed by atoms with E-state index in [2.05, 4.69) is 18.7 Å². The van der Waals surface area contributed by atoms with Gasteiger partial charge in [-0.1, -0.05) is 44.2 Å². The average molecular weight is 235 g/mol. The summed E-state index contributed by atoms with van der Waals surface area (Å²) in [5.41, 5.74) is 1.05. The summed E-state index contributed by atoms with van der Waals surface area (Å²) < 4.78 is 5.39. The van der Waals surface area contributed by atoms with Crippen molar-refractivity contribution >= 4 is 5.97 Å². The van der Waals surface area contributed by atoms with Crippen LogP contribution in [0.1, 0.15) is 32.4 Å². The molecule has 1 unspecified atom stereocenters. The molecule has 94 valence electrons. The monoisotopic (exact) mass is 235 g/mol. The minimum absolute atomic E-state index is 0.173. The summed E-state index contributed by atoms with van der Waals surface area (Å²) in [4.78, 5) is 13.4. The molecular formula is C14H21NO2. The number of rotatable bonds is 6. The third-order valence-corrected chi connectivity index (χ3v) is 2.80. The Morgan fingerprint density at radius 3 is 2.29 bits per heavy atom. The predicted octanol–water partition coefficient (Wildman–Crippen LogP) is 2.63. The first-order valence-electron chi connectivity index (χ1n) is 6.11. The van der Waals surface area contributed by atoms with Gasteiger partial charge in [-0.05, 0) is 18.7 Å². The van der Waals surface area contributed by atoms with Gasteiger partial charge in [-0.15, -0.1) is 0 Å². The highest BCUT2D eigenvalue weighted by Gasteiger charge is 2.17. The van der Waals surface area contributed by atoms with Gasteiger partial charge in [0.1, 0.15) is 6.10 Å². The zero-order chi connectivity index (χ0) is 12.7. The smallest absolute Gasteiger partial charge is 0.303 e. The van der Waals surface area contributed by atoms with Gasteiger partial charge in [-0.25, -0.2) is 0 Å². The lowest BCUT2D eigenvalue weighted by Gasteiger charge is -2.25. The van der Waals surface area contributed by atoms with Gasteiger partial charge < -0.3 is 4.74 Å². The van der Waals surface area contributed by atoms with Gasteiger partial charge in [-0.3, -0.25) is 9.69 Å². The van der Waals surface area contributed by atoms with Crippen molar-refractivity contribution in [3.8, 4) is 0 Å². The van der Waals surface area contributed by atoms with Gasteiger partial charge >= 0.3 is 5.97 Å². The van der Waals surface area contributed by atoms with Crippen LogP contribution in [0, 0.1) is 0 Å². The molecule has 0 radical (unpaired) electrons. The lowest BCUT2D eigenvalue weighted by Crippen LogP contribution is -2.30. The molecule has 1 atom stereocenters. The fourth-order valence-electron chi connectivity index (χ4n) is 1.80. The Morgan fingerprint density at radius 1 is 1.24 bits per heavy atom. The molecule has 1 aromatic carbocycles. The number of nitrogens with zero attached hydrogens (tertiary/aromatic N) is 1. The number of carbonyl (C=O) groups excluding carboxylic acids is 1. The summed E-state index contributed by atoms with van der Waals surface area (Å²) in [6.07, 6.45) is -0.173. The molecule has 0 saturated carbocycles. The van der Waals surface area contributed by atoms with E-state index in [0.29, 0.717) is 0 Å². The van der Waals surface area contributed by atoms with Crippen LogP contribution < -0.4 is 0 Å². The molecule has 0 aliphatic rings. The van der Waals surface area contributed by atoms with E-state index < -0.39 is 0 Å². The molecule has 0 saturated heterocycles. The third-order valence-electron chi connectivity index (χ3n) is 2.80. The maximum absolute atomic E-state index is 11.1. The zero-order valence-electron chi connectivity index (χ0n) is 10.8. The first-order chi connectivity index (χ1) is 8.17. The van der Waals surface area contributed by atoms with Crippen molar-refractivity contribution in [1.29, 1.82) is 0 Å². The minimum Gasteiger partial charge on any atom is -0.456 e. The van der Waals surface area contributed by atoms with Crippen LogP contribution in [-0.2, 0) is 9.53 Å².